The first kappa shape index (κ1) is 15.4. The van der Waals surface area contributed by atoms with Crippen molar-refractivity contribution in [2.24, 2.45) is 0 Å². The van der Waals surface area contributed by atoms with Gasteiger partial charge in [0.1, 0.15) is 6.54 Å². The molecule has 0 spiro atoms. The summed E-state index contributed by atoms with van der Waals surface area (Å²) >= 11 is 0. The number of carbonyl (C=O) groups is 2. The zero-order chi connectivity index (χ0) is 15.2. The molecule has 106 valence electrons. The smallest absolute Gasteiger partial charge is 0.343 e. The predicted octanol–water partition coefficient (Wildman–Crippen LogP) is 0.470. The van der Waals surface area contributed by atoms with Gasteiger partial charge in [-0.3, -0.25) is 14.6 Å². The molecule has 0 unspecified atom stereocenters. The van der Waals surface area contributed by atoms with E-state index in [9.17, 15) is 22.8 Å². The number of pyridine rings is 1. The Hall–Kier alpha value is -2.63. The highest BCUT2D eigenvalue weighted by molar-refractivity contribution is 5.97. The summed E-state index contributed by atoms with van der Waals surface area (Å²) in [5, 5.41) is 12.4. The van der Waals surface area contributed by atoms with Crippen LogP contribution >= 0.6 is 0 Å². The number of alkyl halides is 3. The SMILES string of the molecule is N#CCNC(=O)CNC(=O)c1cnccc1C(F)(F)F. The van der Waals surface area contributed by atoms with E-state index in [-0.39, 0.29) is 6.54 Å². The summed E-state index contributed by atoms with van der Waals surface area (Å²) in [6.07, 6.45) is -3.01. The fraction of sp³-hybridized carbons (Fsp3) is 0.273. The molecule has 2 N–H and O–H groups in total. The van der Waals surface area contributed by atoms with Gasteiger partial charge >= 0.3 is 6.18 Å². The van der Waals surface area contributed by atoms with Gasteiger partial charge in [-0.1, -0.05) is 0 Å². The molecule has 1 aromatic heterocycles. The van der Waals surface area contributed by atoms with Crippen LogP contribution in [0.3, 0.4) is 0 Å². The predicted molar refractivity (Wildman–Crippen MR) is 60.2 cm³/mol. The summed E-state index contributed by atoms with van der Waals surface area (Å²) in [6.45, 7) is -0.790. The zero-order valence-electron chi connectivity index (χ0n) is 9.99. The number of rotatable bonds is 4. The van der Waals surface area contributed by atoms with Crippen molar-refractivity contribution in [2.75, 3.05) is 13.1 Å². The maximum absolute atomic E-state index is 12.7. The van der Waals surface area contributed by atoms with Gasteiger partial charge in [0, 0.05) is 12.4 Å². The van der Waals surface area contributed by atoms with Crippen molar-refractivity contribution < 1.29 is 22.8 Å². The van der Waals surface area contributed by atoms with Crippen LogP contribution in [0.1, 0.15) is 15.9 Å². The van der Waals surface area contributed by atoms with Crippen molar-refractivity contribution in [3.05, 3.63) is 29.6 Å². The summed E-state index contributed by atoms with van der Waals surface area (Å²) in [6, 6.07) is 2.31. The standard InChI is InChI=1S/C11H9F3N4O2/c12-11(13,14)8-1-3-16-5-7(8)10(20)18-6-9(19)17-4-2-15/h1,3,5H,4,6H2,(H,17,19)(H,18,20). The van der Waals surface area contributed by atoms with Crippen LogP contribution in [0.4, 0.5) is 13.2 Å². The van der Waals surface area contributed by atoms with Crippen molar-refractivity contribution in [1.29, 1.82) is 5.26 Å². The molecule has 0 saturated carbocycles. The van der Waals surface area contributed by atoms with E-state index in [1.165, 1.54) is 0 Å². The minimum absolute atomic E-state index is 0.255. The molecule has 2 amide bonds. The highest BCUT2D eigenvalue weighted by Crippen LogP contribution is 2.31. The van der Waals surface area contributed by atoms with Crippen molar-refractivity contribution in [3.8, 4) is 6.07 Å². The first-order valence-corrected chi connectivity index (χ1v) is 5.29. The maximum Gasteiger partial charge on any atom is 0.417 e. The van der Waals surface area contributed by atoms with Gasteiger partial charge in [-0.2, -0.15) is 18.4 Å². The lowest BCUT2D eigenvalue weighted by Gasteiger charge is -2.11. The molecule has 1 aromatic rings. The summed E-state index contributed by atoms with van der Waals surface area (Å²) in [5.74, 6) is -1.75. The Morgan fingerprint density at radius 2 is 2.05 bits per heavy atom. The molecule has 0 aliphatic heterocycles. The number of carbonyl (C=O) groups excluding carboxylic acids is 2. The van der Waals surface area contributed by atoms with E-state index in [0.29, 0.717) is 6.07 Å². The minimum Gasteiger partial charge on any atom is -0.343 e. The van der Waals surface area contributed by atoms with Crippen LogP contribution in [0, 0.1) is 11.3 Å². The molecular weight excluding hydrogens is 277 g/mol. The van der Waals surface area contributed by atoms with Crippen molar-refractivity contribution in [3.63, 3.8) is 0 Å². The molecule has 20 heavy (non-hydrogen) atoms. The van der Waals surface area contributed by atoms with E-state index in [2.05, 4.69) is 10.3 Å². The van der Waals surface area contributed by atoms with E-state index >= 15 is 0 Å². The average Bonchev–Trinajstić information content (AvgIpc) is 2.41. The molecule has 0 fully saturated rings. The van der Waals surface area contributed by atoms with Crippen molar-refractivity contribution in [1.82, 2.24) is 15.6 Å². The quantitative estimate of drug-likeness (QED) is 0.786. The van der Waals surface area contributed by atoms with Gasteiger partial charge in [0.15, 0.2) is 0 Å². The molecule has 9 heteroatoms. The maximum atomic E-state index is 12.7. The summed E-state index contributed by atoms with van der Waals surface area (Å²) in [4.78, 5) is 26.2. The molecule has 0 radical (unpaired) electrons. The zero-order valence-corrected chi connectivity index (χ0v) is 9.99. The number of nitrogens with zero attached hydrogens (tertiary/aromatic N) is 2. The van der Waals surface area contributed by atoms with Gasteiger partial charge in [-0.15, -0.1) is 0 Å². The molecule has 0 atom stereocenters. The van der Waals surface area contributed by atoms with Crippen LogP contribution in [0.5, 0.6) is 0 Å². The van der Waals surface area contributed by atoms with E-state index in [1.54, 1.807) is 6.07 Å². The van der Waals surface area contributed by atoms with Crippen LogP contribution in [-0.2, 0) is 11.0 Å². The Kier molecular flexibility index (Phi) is 5.02. The van der Waals surface area contributed by atoms with Crippen LogP contribution in [0.2, 0.25) is 0 Å². The number of hydrogen-bond acceptors (Lipinski definition) is 4. The monoisotopic (exact) mass is 286 g/mol. The normalized spacial score (nSPS) is 10.5. The summed E-state index contributed by atoms with van der Waals surface area (Å²) < 4.78 is 38.0. The lowest BCUT2D eigenvalue weighted by atomic mass is 10.1. The van der Waals surface area contributed by atoms with Gasteiger partial charge in [0.25, 0.3) is 5.91 Å². The second-order valence-electron chi connectivity index (χ2n) is 3.54. The highest BCUT2D eigenvalue weighted by atomic mass is 19.4. The lowest BCUT2D eigenvalue weighted by Crippen LogP contribution is -2.37. The Morgan fingerprint density at radius 1 is 1.35 bits per heavy atom. The first-order valence-electron chi connectivity index (χ1n) is 5.29. The van der Waals surface area contributed by atoms with Gasteiger partial charge in [-0.25, -0.2) is 0 Å². The Labute approximate surface area is 111 Å². The van der Waals surface area contributed by atoms with Crippen LogP contribution in [-0.4, -0.2) is 29.9 Å². The number of nitriles is 1. The fourth-order valence-electron chi connectivity index (χ4n) is 1.28. The van der Waals surface area contributed by atoms with Gasteiger partial charge in [0.2, 0.25) is 5.91 Å². The van der Waals surface area contributed by atoms with Gasteiger partial charge in [-0.05, 0) is 6.07 Å². The molecule has 0 aromatic carbocycles. The van der Waals surface area contributed by atoms with Gasteiger partial charge in [0.05, 0.1) is 23.7 Å². The fourth-order valence-corrected chi connectivity index (χ4v) is 1.28. The number of amides is 2. The second kappa shape index (κ2) is 6.51. The molecule has 6 nitrogen and oxygen atoms in total. The van der Waals surface area contributed by atoms with Crippen LogP contribution in [0.25, 0.3) is 0 Å². The van der Waals surface area contributed by atoms with Crippen LogP contribution in [0.15, 0.2) is 18.5 Å². The molecule has 0 aliphatic rings. The Bertz CT molecular complexity index is 551. The molecule has 0 saturated heterocycles. The highest BCUT2D eigenvalue weighted by Gasteiger charge is 2.35. The second-order valence-corrected chi connectivity index (χ2v) is 3.54. The van der Waals surface area contributed by atoms with Crippen molar-refractivity contribution in [2.45, 2.75) is 6.18 Å². The first-order chi connectivity index (χ1) is 9.36. The molecular formula is C11H9F3N4O2. The third-order valence-corrected chi connectivity index (χ3v) is 2.15. The van der Waals surface area contributed by atoms with Gasteiger partial charge < -0.3 is 10.6 Å². The number of hydrogen-bond donors (Lipinski definition) is 2. The van der Waals surface area contributed by atoms with E-state index in [4.69, 9.17) is 5.26 Å². The van der Waals surface area contributed by atoms with Crippen LogP contribution < -0.4 is 10.6 Å². The Balaban J connectivity index is 2.74. The Morgan fingerprint density at radius 3 is 2.65 bits per heavy atom. The molecule has 0 bridgehead atoms. The molecule has 1 rings (SSSR count). The third kappa shape index (κ3) is 4.24. The number of halogens is 3. The number of aromatic nitrogens is 1. The molecule has 0 aliphatic carbocycles. The van der Waals surface area contributed by atoms with Crippen molar-refractivity contribution >= 4 is 11.8 Å². The van der Waals surface area contributed by atoms with E-state index < -0.39 is 35.7 Å². The minimum atomic E-state index is -4.70. The van der Waals surface area contributed by atoms with E-state index in [0.717, 1.165) is 12.4 Å². The molecule has 1 heterocycles. The summed E-state index contributed by atoms with van der Waals surface area (Å²) in [5.41, 5.74) is -1.81. The number of nitrogens with one attached hydrogen (secondary N) is 2. The average molecular weight is 286 g/mol. The summed E-state index contributed by atoms with van der Waals surface area (Å²) in [7, 11) is 0. The largest absolute Gasteiger partial charge is 0.417 e. The third-order valence-electron chi connectivity index (χ3n) is 2.15. The lowest BCUT2D eigenvalue weighted by molar-refractivity contribution is -0.138. The topological polar surface area (TPSA) is 94.9 Å². The van der Waals surface area contributed by atoms with E-state index in [1.807, 2.05) is 5.32 Å².